The van der Waals surface area contributed by atoms with Gasteiger partial charge in [0.1, 0.15) is 5.69 Å². The molecule has 0 spiro atoms. The second kappa shape index (κ2) is 4.58. The van der Waals surface area contributed by atoms with Gasteiger partial charge in [0.05, 0.1) is 12.0 Å². The van der Waals surface area contributed by atoms with Gasteiger partial charge in [0, 0.05) is 18.3 Å². The molecule has 6 heteroatoms. The summed E-state index contributed by atoms with van der Waals surface area (Å²) in [5.74, 6) is -1.27. The number of aromatic nitrogens is 2. The van der Waals surface area contributed by atoms with E-state index in [1.54, 1.807) is 11.0 Å². The number of rotatable bonds is 3. The summed E-state index contributed by atoms with van der Waals surface area (Å²) in [7, 11) is 0. The molecule has 2 saturated heterocycles. The summed E-state index contributed by atoms with van der Waals surface area (Å²) in [6, 6.07) is 2.15. The average Bonchev–Trinajstić information content (AvgIpc) is 3.09. The van der Waals surface area contributed by atoms with Crippen molar-refractivity contribution in [1.82, 2.24) is 14.7 Å². The van der Waals surface area contributed by atoms with Gasteiger partial charge in [0.15, 0.2) is 0 Å². The highest BCUT2D eigenvalue weighted by Gasteiger charge is 2.51. The fourth-order valence-corrected chi connectivity index (χ4v) is 4.01. The fourth-order valence-electron chi connectivity index (χ4n) is 4.01. The van der Waals surface area contributed by atoms with Gasteiger partial charge in [-0.2, -0.15) is 5.10 Å². The summed E-state index contributed by atoms with van der Waals surface area (Å²) < 4.78 is 1.89. The van der Waals surface area contributed by atoms with Crippen molar-refractivity contribution in [2.24, 2.45) is 5.92 Å². The lowest BCUT2D eigenvalue weighted by atomic mass is 9.89. The van der Waals surface area contributed by atoms with E-state index >= 15 is 0 Å². The van der Waals surface area contributed by atoms with Crippen LogP contribution in [0.3, 0.4) is 0 Å². The summed E-state index contributed by atoms with van der Waals surface area (Å²) in [5, 5.41) is 13.7. The summed E-state index contributed by atoms with van der Waals surface area (Å²) >= 11 is 0. The highest BCUT2D eigenvalue weighted by atomic mass is 16.4. The molecule has 3 atom stereocenters. The number of carboxylic acids is 1. The predicted molar refractivity (Wildman–Crippen MR) is 73.8 cm³/mol. The third kappa shape index (κ3) is 1.88. The van der Waals surface area contributed by atoms with Crippen LogP contribution in [-0.4, -0.2) is 43.7 Å². The first-order chi connectivity index (χ1) is 10.1. The van der Waals surface area contributed by atoms with Crippen molar-refractivity contribution in [3.05, 3.63) is 18.0 Å². The number of hydrogen-bond donors (Lipinski definition) is 1. The van der Waals surface area contributed by atoms with Crippen LogP contribution in [0.15, 0.2) is 12.3 Å². The lowest BCUT2D eigenvalue weighted by Crippen LogP contribution is -2.38. The molecule has 4 rings (SSSR count). The predicted octanol–water partition coefficient (Wildman–Crippen LogP) is 1.69. The van der Waals surface area contributed by atoms with Gasteiger partial charge in [0.25, 0.3) is 5.91 Å². The average molecular weight is 289 g/mol. The first kappa shape index (κ1) is 12.9. The second-order valence-electron chi connectivity index (χ2n) is 6.46. The van der Waals surface area contributed by atoms with Gasteiger partial charge in [-0.3, -0.25) is 14.3 Å². The zero-order chi connectivity index (χ0) is 14.6. The van der Waals surface area contributed by atoms with Crippen LogP contribution in [0.2, 0.25) is 0 Å². The number of hydrogen-bond acceptors (Lipinski definition) is 3. The molecular formula is C15H19N3O3. The largest absolute Gasteiger partial charge is 0.481 e. The van der Waals surface area contributed by atoms with Crippen LogP contribution >= 0.6 is 0 Å². The number of carbonyl (C=O) groups is 2. The van der Waals surface area contributed by atoms with Crippen LogP contribution in [0, 0.1) is 5.92 Å². The molecule has 1 aliphatic carbocycles. The Morgan fingerprint density at radius 3 is 2.62 bits per heavy atom. The van der Waals surface area contributed by atoms with E-state index in [0.717, 1.165) is 25.7 Å². The number of nitrogens with zero attached hydrogens (tertiary/aromatic N) is 3. The van der Waals surface area contributed by atoms with Crippen molar-refractivity contribution >= 4 is 11.9 Å². The molecule has 1 aromatic heterocycles. The zero-order valence-electron chi connectivity index (χ0n) is 11.8. The van der Waals surface area contributed by atoms with E-state index in [1.807, 2.05) is 10.9 Å². The molecule has 3 heterocycles. The van der Waals surface area contributed by atoms with Crippen molar-refractivity contribution in [3.63, 3.8) is 0 Å². The van der Waals surface area contributed by atoms with E-state index in [2.05, 4.69) is 5.10 Å². The van der Waals surface area contributed by atoms with Crippen molar-refractivity contribution in [3.8, 4) is 0 Å². The van der Waals surface area contributed by atoms with E-state index in [1.165, 1.54) is 6.42 Å². The third-order valence-electron chi connectivity index (χ3n) is 5.36. The lowest BCUT2D eigenvalue weighted by Gasteiger charge is -2.25. The second-order valence-corrected chi connectivity index (χ2v) is 6.46. The quantitative estimate of drug-likeness (QED) is 0.918. The number of amides is 1. The monoisotopic (exact) mass is 289 g/mol. The molecule has 3 fully saturated rings. The molecule has 1 aromatic rings. The highest BCUT2D eigenvalue weighted by molar-refractivity contribution is 5.93. The molecule has 1 saturated carbocycles. The Morgan fingerprint density at radius 2 is 2.00 bits per heavy atom. The van der Waals surface area contributed by atoms with Crippen LogP contribution < -0.4 is 0 Å². The summed E-state index contributed by atoms with van der Waals surface area (Å²) in [4.78, 5) is 25.7. The van der Waals surface area contributed by atoms with Gasteiger partial charge in [-0.05, 0) is 44.6 Å². The van der Waals surface area contributed by atoms with Gasteiger partial charge in [-0.1, -0.05) is 0 Å². The van der Waals surface area contributed by atoms with Gasteiger partial charge in [-0.15, -0.1) is 0 Å². The number of carboxylic acid groups (broad SMARTS) is 1. The van der Waals surface area contributed by atoms with Crippen molar-refractivity contribution in [1.29, 1.82) is 0 Å². The molecular weight excluding hydrogens is 270 g/mol. The van der Waals surface area contributed by atoms with Gasteiger partial charge < -0.3 is 10.0 Å². The van der Waals surface area contributed by atoms with E-state index in [4.69, 9.17) is 0 Å². The molecule has 6 nitrogen and oxygen atoms in total. The third-order valence-corrected chi connectivity index (χ3v) is 5.36. The van der Waals surface area contributed by atoms with E-state index in [0.29, 0.717) is 18.2 Å². The summed E-state index contributed by atoms with van der Waals surface area (Å²) in [6.07, 6.45) is 7.68. The Labute approximate surface area is 122 Å². The van der Waals surface area contributed by atoms with Crippen molar-refractivity contribution < 1.29 is 14.7 Å². The minimum atomic E-state index is -0.778. The standard InChI is InChI=1S/C15H19N3O3/c19-14(12-6-7-17(16-12)9-2-1-3-9)18-10-4-5-13(18)11(8-10)15(20)21/h6-7,9-11,13H,1-5,8H2,(H,20,21)/t10-,11-,13+/m1/s1. The van der Waals surface area contributed by atoms with Crippen molar-refractivity contribution in [2.45, 2.75) is 56.7 Å². The van der Waals surface area contributed by atoms with Crippen LogP contribution in [0.1, 0.15) is 55.1 Å². The topological polar surface area (TPSA) is 75.4 Å². The minimum absolute atomic E-state index is 0.0810. The molecule has 3 aliphatic rings. The van der Waals surface area contributed by atoms with Gasteiger partial charge >= 0.3 is 5.97 Å². The Bertz CT molecular complexity index is 593. The SMILES string of the molecule is O=C(O)[C@@H]1C[C@H]2CC[C@@H]1N2C(=O)c1ccn(C2CCC2)n1. The van der Waals surface area contributed by atoms with Crippen LogP contribution in [0.4, 0.5) is 0 Å². The smallest absolute Gasteiger partial charge is 0.308 e. The van der Waals surface area contributed by atoms with Crippen molar-refractivity contribution in [2.75, 3.05) is 0 Å². The van der Waals surface area contributed by atoms with E-state index < -0.39 is 11.9 Å². The lowest BCUT2D eigenvalue weighted by molar-refractivity contribution is -0.142. The molecule has 21 heavy (non-hydrogen) atoms. The first-order valence-corrected chi connectivity index (χ1v) is 7.76. The minimum Gasteiger partial charge on any atom is -0.481 e. The molecule has 0 radical (unpaired) electrons. The molecule has 2 bridgehead atoms. The zero-order valence-corrected chi connectivity index (χ0v) is 11.8. The first-order valence-electron chi connectivity index (χ1n) is 7.76. The van der Waals surface area contributed by atoms with E-state index in [-0.39, 0.29) is 18.0 Å². The maximum absolute atomic E-state index is 12.7. The van der Waals surface area contributed by atoms with Crippen LogP contribution in [0.25, 0.3) is 0 Å². The van der Waals surface area contributed by atoms with Crippen LogP contribution in [0.5, 0.6) is 0 Å². The maximum Gasteiger partial charge on any atom is 0.308 e. The number of fused-ring (bicyclic) bond motifs is 2. The fraction of sp³-hybridized carbons (Fsp3) is 0.667. The molecule has 2 aliphatic heterocycles. The molecule has 112 valence electrons. The maximum atomic E-state index is 12.7. The summed E-state index contributed by atoms with van der Waals surface area (Å²) in [5.41, 5.74) is 0.463. The molecule has 1 amide bonds. The molecule has 1 N–H and O–H groups in total. The van der Waals surface area contributed by atoms with Gasteiger partial charge in [-0.25, -0.2) is 0 Å². The number of aliphatic carboxylic acids is 1. The Morgan fingerprint density at radius 1 is 1.19 bits per heavy atom. The Balaban J connectivity index is 1.55. The van der Waals surface area contributed by atoms with Gasteiger partial charge in [0.2, 0.25) is 0 Å². The highest BCUT2D eigenvalue weighted by Crippen LogP contribution is 2.42. The molecule has 0 unspecified atom stereocenters. The molecule has 0 aromatic carbocycles. The normalized spacial score (nSPS) is 31.4. The Hall–Kier alpha value is -1.85. The van der Waals surface area contributed by atoms with Crippen LogP contribution in [-0.2, 0) is 4.79 Å². The number of carbonyl (C=O) groups excluding carboxylic acids is 1. The van der Waals surface area contributed by atoms with E-state index in [9.17, 15) is 14.7 Å². The Kier molecular flexibility index (Phi) is 2.80. The summed E-state index contributed by atoms with van der Waals surface area (Å²) in [6.45, 7) is 0.